The SMILES string of the molecule is O=C(Nc1ccc2ncccc2c1)c1ccc(Br)s1. The molecule has 1 N–H and O–H groups in total. The smallest absolute Gasteiger partial charge is 0.265 e. The van der Waals surface area contributed by atoms with E-state index >= 15 is 0 Å². The van der Waals surface area contributed by atoms with Gasteiger partial charge in [-0.05, 0) is 52.3 Å². The summed E-state index contributed by atoms with van der Waals surface area (Å²) in [5.41, 5.74) is 1.69. The van der Waals surface area contributed by atoms with Gasteiger partial charge in [-0.1, -0.05) is 6.07 Å². The molecule has 94 valence electrons. The molecule has 0 atom stereocenters. The molecular formula is C14H9BrN2OS. The summed E-state index contributed by atoms with van der Waals surface area (Å²) < 4.78 is 0.945. The maximum Gasteiger partial charge on any atom is 0.265 e. The minimum atomic E-state index is -0.0982. The molecule has 0 saturated heterocycles. The lowest BCUT2D eigenvalue weighted by molar-refractivity contribution is 0.103. The van der Waals surface area contributed by atoms with Gasteiger partial charge in [0.1, 0.15) is 0 Å². The highest BCUT2D eigenvalue weighted by atomic mass is 79.9. The zero-order valence-corrected chi connectivity index (χ0v) is 12.2. The van der Waals surface area contributed by atoms with Crippen LogP contribution in [0.3, 0.4) is 0 Å². The van der Waals surface area contributed by atoms with Gasteiger partial charge in [-0.3, -0.25) is 9.78 Å². The first-order chi connectivity index (χ1) is 9.22. The van der Waals surface area contributed by atoms with Gasteiger partial charge < -0.3 is 5.32 Å². The van der Waals surface area contributed by atoms with Crippen LogP contribution in [-0.2, 0) is 0 Å². The van der Waals surface area contributed by atoms with E-state index in [4.69, 9.17) is 0 Å². The van der Waals surface area contributed by atoms with E-state index in [-0.39, 0.29) is 5.91 Å². The second-order valence-corrected chi connectivity index (χ2v) is 6.43. The van der Waals surface area contributed by atoms with E-state index in [1.165, 1.54) is 11.3 Å². The van der Waals surface area contributed by atoms with Gasteiger partial charge in [0.15, 0.2) is 0 Å². The quantitative estimate of drug-likeness (QED) is 0.759. The summed E-state index contributed by atoms with van der Waals surface area (Å²) >= 11 is 4.76. The van der Waals surface area contributed by atoms with Gasteiger partial charge in [0.2, 0.25) is 0 Å². The number of amides is 1. The summed E-state index contributed by atoms with van der Waals surface area (Å²) in [6, 6.07) is 13.2. The Kier molecular flexibility index (Phi) is 3.31. The lowest BCUT2D eigenvalue weighted by Gasteiger charge is -2.04. The summed E-state index contributed by atoms with van der Waals surface area (Å²) in [5.74, 6) is -0.0982. The summed E-state index contributed by atoms with van der Waals surface area (Å²) in [7, 11) is 0. The van der Waals surface area contributed by atoms with Gasteiger partial charge in [0.05, 0.1) is 14.2 Å². The fourth-order valence-electron chi connectivity index (χ4n) is 1.78. The Morgan fingerprint density at radius 3 is 2.89 bits per heavy atom. The van der Waals surface area contributed by atoms with Gasteiger partial charge in [-0.2, -0.15) is 0 Å². The molecule has 19 heavy (non-hydrogen) atoms. The number of pyridine rings is 1. The van der Waals surface area contributed by atoms with Crippen molar-refractivity contribution in [1.29, 1.82) is 0 Å². The normalized spacial score (nSPS) is 10.6. The van der Waals surface area contributed by atoms with Crippen molar-refractivity contribution in [3.05, 3.63) is 57.3 Å². The van der Waals surface area contributed by atoms with Gasteiger partial charge in [0, 0.05) is 17.3 Å². The van der Waals surface area contributed by atoms with Crippen LogP contribution in [0.1, 0.15) is 9.67 Å². The Labute approximate surface area is 122 Å². The van der Waals surface area contributed by atoms with E-state index in [0.717, 1.165) is 20.4 Å². The van der Waals surface area contributed by atoms with Crippen LogP contribution in [0.2, 0.25) is 0 Å². The summed E-state index contributed by atoms with van der Waals surface area (Å²) in [5, 5.41) is 3.89. The predicted molar refractivity (Wildman–Crippen MR) is 81.7 cm³/mol. The lowest BCUT2D eigenvalue weighted by Crippen LogP contribution is -2.09. The Hall–Kier alpha value is -1.72. The third kappa shape index (κ3) is 2.67. The molecule has 0 aliphatic carbocycles. The molecule has 2 aromatic heterocycles. The second-order valence-electron chi connectivity index (χ2n) is 3.97. The maximum absolute atomic E-state index is 12.0. The lowest BCUT2D eigenvalue weighted by atomic mass is 10.2. The number of hydrogen-bond donors (Lipinski definition) is 1. The summed E-state index contributed by atoms with van der Waals surface area (Å²) in [6.07, 6.45) is 1.75. The zero-order valence-electron chi connectivity index (χ0n) is 9.76. The monoisotopic (exact) mass is 332 g/mol. The molecule has 0 aliphatic rings. The Morgan fingerprint density at radius 2 is 2.11 bits per heavy atom. The first-order valence-corrected chi connectivity index (χ1v) is 7.25. The molecule has 0 saturated carbocycles. The number of anilines is 1. The van der Waals surface area contributed by atoms with Crippen LogP contribution < -0.4 is 5.32 Å². The average molecular weight is 333 g/mol. The number of aromatic nitrogens is 1. The van der Waals surface area contributed by atoms with Crippen molar-refractivity contribution in [3.8, 4) is 0 Å². The number of hydrogen-bond acceptors (Lipinski definition) is 3. The van der Waals surface area contributed by atoms with E-state index in [1.54, 1.807) is 12.3 Å². The number of fused-ring (bicyclic) bond motifs is 1. The van der Waals surface area contributed by atoms with Crippen LogP contribution in [-0.4, -0.2) is 10.9 Å². The molecule has 1 aromatic carbocycles. The number of rotatable bonds is 2. The van der Waals surface area contributed by atoms with E-state index in [9.17, 15) is 4.79 Å². The van der Waals surface area contributed by atoms with Crippen molar-refractivity contribution in [3.63, 3.8) is 0 Å². The largest absolute Gasteiger partial charge is 0.321 e. The van der Waals surface area contributed by atoms with E-state index in [2.05, 4.69) is 26.2 Å². The molecule has 3 rings (SSSR count). The first kappa shape index (κ1) is 12.3. The van der Waals surface area contributed by atoms with Crippen LogP contribution in [0, 0.1) is 0 Å². The molecule has 3 nitrogen and oxygen atoms in total. The molecular weight excluding hydrogens is 324 g/mol. The number of halogens is 1. The highest BCUT2D eigenvalue weighted by Crippen LogP contribution is 2.23. The number of benzene rings is 1. The number of thiophene rings is 1. The molecule has 3 aromatic rings. The summed E-state index contributed by atoms with van der Waals surface area (Å²) in [4.78, 5) is 17.0. The van der Waals surface area contributed by atoms with Gasteiger partial charge in [-0.15, -0.1) is 11.3 Å². The Morgan fingerprint density at radius 1 is 1.21 bits per heavy atom. The predicted octanol–water partition coefficient (Wildman–Crippen LogP) is 4.31. The Balaban J connectivity index is 1.87. The topological polar surface area (TPSA) is 42.0 Å². The fraction of sp³-hybridized carbons (Fsp3) is 0. The highest BCUT2D eigenvalue weighted by Gasteiger charge is 2.09. The minimum absolute atomic E-state index is 0.0982. The molecule has 5 heteroatoms. The number of carbonyl (C=O) groups excluding carboxylic acids is 1. The van der Waals surface area contributed by atoms with Crippen molar-refractivity contribution in [2.24, 2.45) is 0 Å². The number of carbonyl (C=O) groups is 1. The Bertz CT molecular complexity index is 754. The van der Waals surface area contributed by atoms with Crippen molar-refractivity contribution >= 4 is 49.8 Å². The van der Waals surface area contributed by atoms with Crippen LogP contribution in [0.5, 0.6) is 0 Å². The van der Waals surface area contributed by atoms with Gasteiger partial charge in [-0.25, -0.2) is 0 Å². The van der Waals surface area contributed by atoms with E-state index < -0.39 is 0 Å². The third-order valence-electron chi connectivity index (χ3n) is 2.66. The fourth-order valence-corrected chi connectivity index (χ4v) is 3.06. The van der Waals surface area contributed by atoms with Crippen LogP contribution in [0.4, 0.5) is 5.69 Å². The van der Waals surface area contributed by atoms with E-state index in [1.807, 2.05) is 36.4 Å². The van der Waals surface area contributed by atoms with Crippen LogP contribution in [0.15, 0.2) is 52.4 Å². The molecule has 1 amide bonds. The molecule has 0 spiro atoms. The van der Waals surface area contributed by atoms with E-state index in [0.29, 0.717) is 4.88 Å². The number of nitrogens with one attached hydrogen (secondary N) is 1. The highest BCUT2D eigenvalue weighted by molar-refractivity contribution is 9.11. The minimum Gasteiger partial charge on any atom is -0.321 e. The molecule has 0 radical (unpaired) electrons. The van der Waals surface area contributed by atoms with Crippen molar-refractivity contribution in [2.45, 2.75) is 0 Å². The van der Waals surface area contributed by atoms with Crippen LogP contribution >= 0.6 is 27.3 Å². The average Bonchev–Trinajstić information content (AvgIpc) is 2.85. The molecule has 0 bridgehead atoms. The van der Waals surface area contributed by atoms with Crippen molar-refractivity contribution < 1.29 is 4.79 Å². The summed E-state index contributed by atoms with van der Waals surface area (Å²) in [6.45, 7) is 0. The standard InChI is InChI=1S/C14H9BrN2OS/c15-13-6-5-12(19-13)14(18)17-10-3-4-11-9(8-10)2-1-7-16-11/h1-8H,(H,17,18). The van der Waals surface area contributed by atoms with Crippen molar-refractivity contribution in [1.82, 2.24) is 4.98 Å². The van der Waals surface area contributed by atoms with Crippen molar-refractivity contribution in [2.75, 3.05) is 5.32 Å². The zero-order chi connectivity index (χ0) is 13.2. The van der Waals surface area contributed by atoms with Gasteiger partial charge >= 0.3 is 0 Å². The maximum atomic E-state index is 12.0. The second kappa shape index (κ2) is 5.11. The third-order valence-corrected chi connectivity index (χ3v) is 4.28. The first-order valence-electron chi connectivity index (χ1n) is 5.64. The van der Waals surface area contributed by atoms with Gasteiger partial charge in [0.25, 0.3) is 5.91 Å². The number of nitrogens with zero attached hydrogens (tertiary/aromatic N) is 1. The molecule has 0 unspecified atom stereocenters. The van der Waals surface area contributed by atoms with Crippen LogP contribution in [0.25, 0.3) is 10.9 Å². The molecule has 0 aliphatic heterocycles. The molecule has 2 heterocycles. The molecule has 0 fully saturated rings.